The van der Waals surface area contributed by atoms with Crippen LogP contribution in [0, 0.1) is 5.21 Å². The monoisotopic (exact) mass is 351 g/mol. The molecule has 6 nitrogen and oxygen atoms in total. The van der Waals surface area contributed by atoms with Gasteiger partial charge in [-0.05, 0) is 57.6 Å². The summed E-state index contributed by atoms with van der Waals surface area (Å²) in [6.07, 6.45) is 0. The van der Waals surface area contributed by atoms with E-state index in [1.165, 1.54) is 0 Å². The molecule has 0 amide bonds. The van der Waals surface area contributed by atoms with E-state index in [-0.39, 0.29) is 16.2 Å². The second kappa shape index (κ2) is 4.62. The average Bonchev–Trinajstić information content (AvgIpc) is 2.08. The molecule has 1 aromatic heterocycles. The smallest absolute Gasteiger partial charge is 0.382 e. The van der Waals surface area contributed by atoms with E-state index < -0.39 is 5.54 Å². The number of nitrogens with two attached hydrogens (primary N) is 1. The van der Waals surface area contributed by atoms with Gasteiger partial charge in [-0.15, -0.1) is 9.97 Å². The second-order valence-electron chi connectivity index (χ2n) is 4.06. The minimum atomic E-state index is -0.495. The lowest BCUT2D eigenvalue weighted by atomic mass is 10.1. The van der Waals surface area contributed by atoms with Gasteiger partial charge in [0.25, 0.3) is 5.82 Å². The lowest BCUT2D eigenvalue weighted by Crippen LogP contribution is -2.14. The first-order valence-corrected chi connectivity index (χ1v) is 5.98. The second-order valence-corrected chi connectivity index (χ2v) is 5.56. The molecule has 0 radical (unpaired) electrons. The van der Waals surface area contributed by atoms with E-state index in [9.17, 15) is 5.21 Å². The molecule has 1 aromatic rings. The van der Waals surface area contributed by atoms with E-state index in [1.54, 1.807) is 20.8 Å². The SMILES string of the molecule is CC(C)(C)/N=[N+](\[O-])c1nc(N)c(Br)nc1Br. The van der Waals surface area contributed by atoms with Crippen molar-refractivity contribution in [2.24, 2.45) is 5.11 Å². The molecule has 16 heavy (non-hydrogen) atoms. The normalized spacial score (nSPS) is 12.9. The fourth-order valence-corrected chi connectivity index (χ4v) is 1.76. The summed E-state index contributed by atoms with van der Waals surface area (Å²) < 4.78 is 0.670. The van der Waals surface area contributed by atoms with E-state index >= 15 is 0 Å². The molecule has 0 saturated heterocycles. The average molecular weight is 353 g/mol. The van der Waals surface area contributed by atoms with Crippen molar-refractivity contribution in [3.63, 3.8) is 0 Å². The molecule has 0 aliphatic heterocycles. The van der Waals surface area contributed by atoms with E-state index in [2.05, 4.69) is 46.9 Å². The van der Waals surface area contributed by atoms with Crippen LogP contribution in [0.15, 0.2) is 14.3 Å². The van der Waals surface area contributed by atoms with E-state index in [4.69, 9.17) is 5.73 Å². The minimum absolute atomic E-state index is 0.0376. The molecular weight excluding hydrogens is 342 g/mol. The topological polar surface area (TPSA) is 90.2 Å². The molecule has 2 N–H and O–H groups in total. The number of anilines is 1. The Morgan fingerprint density at radius 3 is 2.31 bits per heavy atom. The van der Waals surface area contributed by atoms with E-state index in [0.29, 0.717) is 9.46 Å². The summed E-state index contributed by atoms with van der Waals surface area (Å²) in [6, 6.07) is 0. The van der Waals surface area contributed by atoms with Gasteiger partial charge in [0.1, 0.15) is 0 Å². The van der Waals surface area contributed by atoms with Crippen molar-refractivity contribution in [1.82, 2.24) is 9.97 Å². The maximum absolute atomic E-state index is 11.7. The zero-order chi connectivity index (χ0) is 12.5. The first-order chi connectivity index (χ1) is 7.20. The Morgan fingerprint density at radius 1 is 1.25 bits per heavy atom. The summed E-state index contributed by atoms with van der Waals surface area (Å²) in [5.74, 6) is 0.179. The van der Waals surface area contributed by atoms with Gasteiger partial charge in [0.15, 0.2) is 4.60 Å². The third-order valence-electron chi connectivity index (χ3n) is 1.39. The Bertz CT molecular complexity index is 441. The number of hydrogen-bond donors (Lipinski definition) is 1. The predicted molar refractivity (Wildman–Crippen MR) is 67.3 cm³/mol. The van der Waals surface area contributed by atoms with Crippen molar-refractivity contribution in [3.8, 4) is 0 Å². The van der Waals surface area contributed by atoms with Crippen molar-refractivity contribution in [2.75, 3.05) is 5.73 Å². The van der Waals surface area contributed by atoms with Gasteiger partial charge in [-0.1, -0.05) is 0 Å². The molecular formula is C8H11Br2N5O. The van der Waals surface area contributed by atoms with Crippen LogP contribution in [0.5, 0.6) is 0 Å². The highest BCUT2D eigenvalue weighted by Gasteiger charge is 2.20. The molecule has 88 valence electrons. The number of rotatable bonds is 1. The lowest BCUT2D eigenvalue weighted by Gasteiger charge is -2.13. The van der Waals surface area contributed by atoms with Crippen LogP contribution >= 0.6 is 31.9 Å². The molecule has 1 rings (SSSR count). The Labute approximate surface area is 110 Å². The van der Waals surface area contributed by atoms with Crippen LogP contribution in [0.3, 0.4) is 0 Å². The van der Waals surface area contributed by atoms with Gasteiger partial charge in [0, 0.05) is 0 Å². The largest absolute Gasteiger partial charge is 0.691 e. The predicted octanol–water partition coefficient (Wildman–Crippen LogP) is 2.98. The number of nitrogen functional groups attached to an aromatic ring is 1. The molecule has 0 bridgehead atoms. The highest BCUT2D eigenvalue weighted by molar-refractivity contribution is 9.11. The molecule has 0 aliphatic rings. The van der Waals surface area contributed by atoms with E-state index in [0.717, 1.165) is 0 Å². The number of nitrogens with zero attached hydrogens (tertiary/aromatic N) is 4. The summed E-state index contributed by atoms with van der Waals surface area (Å²) in [5.41, 5.74) is 5.05. The Balaban J connectivity index is 3.24. The molecule has 0 unspecified atom stereocenters. The van der Waals surface area contributed by atoms with Crippen LogP contribution in [0.2, 0.25) is 0 Å². The van der Waals surface area contributed by atoms with Gasteiger partial charge in [0.2, 0.25) is 4.60 Å². The lowest BCUT2D eigenvalue weighted by molar-refractivity contribution is -0.454. The minimum Gasteiger partial charge on any atom is -0.691 e. The first kappa shape index (κ1) is 13.3. The Kier molecular flexibility index (Phi) is 3.84. The van der Waals surface area contributed by atoms with Crippen LogP contribution in [0.4, 0.5) is 11.6 Å². The molecule has 0 aromatic carbocycles. The number of hydrogen-bond acceptors (Lipinski definition) is 5. The Hall–Kier alpha value is -0.760. The maximum Gasteiger partial charge on any atom is 0.382 e. The molecule has 0 spiro atoms. The number of halogens is 2. The van der Waals surface area contributed by atoms with Gasteiger partial charge in [-0.3, -0.25) is 0 Å². The van der Waals surface area contributed by atoms with E-state index in [1.807, 2.05) is 0 Å². The molecule has 0 aliphatic carbocycles. The van der Waals surface area contributed by atoms with Crippen molar-refractivity contribution in [1.29, 1.82) is 0 Å². The van der Waals surface area contributed by atoms with Crippen LogP contribution in [0.1, 0.15) is 20.8 Å². The molecule has 0 saturated carbocycles. The summed E-state index contributed by atoms with van der Waals surface area (Å²) in [4.78, 5) is 8.28. The fraction of sp³-hybridized carbons (Fsp3) is 0.500. The van der Waals surface area contributed by atoms with Crippen LogP contribution in [-0.2, 0) is 0 Å². The fourth-order valence-electron chi connectivity index (χ4n) is 0.841. The number of azo groups is 1. The van der Waals surface area contributed by atoms with Crippen LogP contribution < -0.4 is 5.73 Å². The summed E-state index contributed by atoms with van der Waals surface area (Å²) >= 11 is 6.24. The van der Waals surface area contributed by atoms with Gasteiger partial charge in [-0.2, -0.15) is 0 Å². The third-order valence-corrected chi connectivity index (χ3v) is 2.51. The number of aromatic nitrogens is 2. The van der Waals surface area contributed by atoms with Crippen LogP contribution in [0.25, 0.3) is 0 Å². The quantitative estimate of drug-likeness (QED) is 0.478. The zero-order valence-electron chi connectivity index (χ0n) is 9.03. The zero-order valence-corrected chi connectivity index (χ0v) is 12.2. The van der Waals surface area contributed by atoms with Crippen molar-refractivity contribution >= 4 is 43.5 Å². The molecule has 0 fully saturated rings. The standard InChI is InChI=1S/C8H11Br2N5O/c1-8(2,3)14-15(16)7-5(10)12-4(9)6(11)13-7/h1-3H3,(H2,11,13)/b15-14-. The van der Waals surface area contributed by atoms with Crippen molar-refractivity contribution < 1.29 is 4.86 Å². The third kappa shape index (κ3) is 3.38. The highest BCUT2D eigenvalue weighted by atomic mass is 79.9. The van der Waals surface area contributed by atoms with Gasteiger partial charge in [-0.25, -0.2) is 4.98 Å². The van der Waals surface area contributed by atoms with Gasteiger partial charge < -0.3 is 10.9 Å². The maximum atomic E-state index is 11.7. The summed E-state index contributed by atoms with van der Waals surface area (Å²) in [6.45, 7) is 5.42. The van der Waals surface area contributed by atoms with Crippen molar-refractivity contribution in [3.05, 3.63) is 14.4 Å². The first-order valence-electron chi connectivity index (χ1n) is 4.39. The Morgan fingerprint density at radius 2 is 1.81 bits per heavy atom. The molecule has 8 heteroatoms. The molecule has 0 atom stereocenters. The van der Waals surface area contributed by atoms with Gasteiger partial charge >= 0.3 is 5.82 Å². The summed E-state index contributed by atoms with van der Waals surface area (Å²) in [7, 11) is 0. The molecule has 1 heterocycles. The van der Waals surface area contributed by atoms with Crippen molar-refractivity contribution in [2.45, 2.75) is 26.3 Å². The van der Waals surface area contributed by atoms with Crippen LogP contribution in [-0.4, -0.2) is 20.4 Å². The highest BCUT2D eigenvalue weighted by Crippen LogP contribution is 2.26. The summed E-state index contributed by atoms with van der Waals surface area (Å²) in [5, 5.41) is 15.6. The van der Waals surface area contributed by atoms with Gasteiger partial charge in [0.05, 0.1) is 5.54 Å².